The van der Waals surface area contributed by atoms with Crippen molar-refractivity contribution in [2.24, 2.45) is 7.05 Å². The van der Waals surface area contributed by atoms with E-state index in [2.05, 4.69) is 11.2 Å². The molecule has 0 amide bonds. The Kier molecular flexibility index (Phi) is 3.98. The molecular weight excluding hydrogens is 305 g/mol. The van der Waals surface area contributed by atoms with Crippen molar-refractivity contribution in [3.63, 3.8) is 0 Å². The highest BCUT2D eigenvalue weighted by molar-refractivity contribution is 6.33. The fourth-order valence-electron chi connectivity index (χ4n) is 2.54. The molecule has 0 radical (unpaired) electrons. The number of halogens is 2. The highest BCUT2D eigenvalue weighted by atomic mass is 35.5. The van der Waals surface area contributed by atoms with Crippen molar-refractivity contribution in [3.05, 3.63) is 63.3 Å². The highest BCUT2D eigenvalue weighted by Gasteiger charge is 2.18. The van der Waals surface area contributed by atoms with Gasteiger partial charge in [0.1, 0.15) is 10.8 Å². The largest absolute Gasteiger partial charge is 0.365 e. The number of anilines is 1. The molecular formula is C16H15ClFN3O. The van der Waals surface area contributed by atoms with Gasteiger partial charge in [-0.25, -0.2) is 9.07 Å². The van der Waals surface area contributed by atoms with Gasteiger partial charge in [-0.1, -0.05) is 29.8 Å². The third-order valence-corrected chi connectivity index (χ3v) is 4.18. The maximum atomic E-state index is 13.0. The maximum absolute atomic E-state index is 13.0. The van der Waals surface area contributed by atoms with Crippen LogP contribution in [0.25, 0.3) is 5.57 Å². The molecule has 114 valence electrons. The summed E-state index contributed by atoms with van der Waals surface area (Å²) in [6, 6.07) is 6.49. The minimum absolute atomic E-state index is 0.191. The van der Waals surface area contributed by atoms with Crippen molar-refractivity contribution < 1.29 is 4.39 Å². The van der Waals surface area contributed by atoms with Gasteiger partial charge >= 0.3 is 0 Å². The van der Waals surface area contributed by atoms with Crippen LogP contribution in [0.5, 0.6) is 0 Å². The summed E-state index contributed by atoms with van der Waals surface area (Å²) >= 11 is 6.13. The van der Waals surface area contributed by atoms with Gasteiger partial charge in [-0.2, -0.15) is 5.10 Å². The minimum Gasteiger partial charge on any atom is -0.365 e. The van der Waals surface area contributed by atoms with Crippen molar-refractivity contribution in [2.75, 3.05) is 18.0 Å². The molecule has 0 saturated heterocycles. The third-order valence-electron chi connectivity index (χ3n) is 3.82. The molecule has 0 bridgehead atoms. The fourth-order valence-corrected chi connectivity index (χ4v) is 2.83. The summed E-state index contributed by atoms with van der Waals surface area (Å²) in [5.74, 6) is -0.236. The SMILES string of the molecule is Cn1ncc(N2CC=C(c3ccc(F)cc3)CC2)c(Cl)c1=O. The second-order valence-electron chi connectivity index (χ2n) is 5.20. The predicted octanol–water partition coefficient (Wildman–Crippen LogP) is 2.87. The highest BCUT2D eigenvalue weighted by Crippen LogP contribution is 2.28. The lowest BCUT2D eigenvalue weighted by Gasteiger charge is -2.28. The molecule has 1 aliphatic rings. The van der Waals surface area contributed by atoms with Crippen LogP contribution in [0, 0.1) is 5.82 Å². The van der Waals surface area contributed by atoms with Crippen LogP contribution in [-0.4, -0.2) is 22.9 Å². The van der Waals surface area contributed by atoms with E-state index in [-0.39, 0.29) is 16.4 Å². The molecule has 4 nitrogen and oxygen atoms in total. The van der Waals surface area contributed by atoms with Crippen LogP contribution >= 0.6 is 11.6 Å². The first-order valence-corrected chi connectivity index (χ1v) is 7.36. The Morgan fingerprint density at radius 2 is 2.00 bits per heavy atom. The fraction of sp³-hybridized carbons (Fsp3) is 0.250. The minimum atomic E-state index is -0.299. The van der Waals surface area contributed by atoms with Crippen molar-refractivity contribution in [3.8, 4) is 0 Å². The molecule has 0 spiro atoms. The summed E-state index contributed by atoms with van der Waals surface area (Å²) in [6.07, 6.45) is 4.49. The normalized spacial score (nSPS) is 14.9. The average molecular weight is 320 g/mol. The first kappa shape index (κ1) is 14.8. The van der Waals surface area contributed by atoms with Crippen LogP contribution in [0.3, 0.4) is 0 Å². The zero-order valence-corrected chi connectivity index (χ0v) is 12.8. The standard InChI is InChI=1S/C16H15ClFN3O/c1-20-16(22)15(17)14(10-19-20)21-8-6-12(7-9-21)11-2-4-13(18)5-3-11/h2-6,10H,7-9H2,1H3. The number of hydrogen-bond donors (Lipinski definition) is 0. The molecule has 0 aliphatic carbocycles. The van der Waals surface area contributed by atoms with Crippen molar-refractivity contribution in [1.82, 2.24) is 9.78 Å². The Hall–Kier alpha value is -2.14. The van der Waals surface area contributed by atoms with E-state index in [4.69, 9.17) is 11.6 Å². The Morgan fingerprint density at radius 3 is 2.64 bits per heavy atom. The number of rotatable bonds is 2. The molecule has 1 aromatic carbocycles. The molecule has 3 rings (SSSR count). The zero-order valence-electron chi connectivity index (χ0n) is 12.1. The quantitative estimate of drug-likeness (QED) is 0.854. The van der Waals surface area contributed by atoms with E-state index in [0.717, 1.165) is 18.5 Å². The Balaban J connectivity index is 1.83. The molecule has 6 heteroatoms. The van der Waals surface area contributed by atoms with Crippen molar-refractivity contribution in [2.45, 2.75) is 6.42 Å². The van der Waals surface area contributed by atoms with Gasteiger partial charge in [-0.3, -0.25) is 4.79 Å². The molecule has 0 fully saturated rings. The topological polar surface area (TPSA) is 38.1 Å². The van der Waals surface area contributed by atoms with Crippen LogP contribution in [0.2, 0.25) is 5.02 Å². The van der Waals surface area contributed by atoms with Gasteiger partial charge in [0, 0.05) is 20.1 Å². The second kappa shape index (κ2) is 5.93. The Morgan fingerprint density at radius 1 is 1.27 bits per heavy atom. The second-order valence-corrected chi connectivity index (χ2v) is 5.58. The number of nitrogens with zero attached hydrogens (tertiary/aromatic N) is 3. The molecule has 2 aromatic rings. The van der Waals surface area contributed by atoms with E-state index in [1.54, 1.807) is 25.4 Å². The van der Waals surface area contributed by atoms with E-state index in [0.29, 0.717) is 12.2 Å². The first-order chi connectivity index (χ1) is 10.6. The number of hydrogen-bond acceptors (Lipinski definition) is 3. The van der Waals surface area contributed by atoms with E-state index < -0.39 is 0 Å². The molecule has 0 atom stereocenters. The van der Waals surface area contributed by atoms with Crippen molar-refractivity contribution >= 4 is 22.9 Å². The monoisotopic (exact) mass is 319 g/mol. The smallest absolute Gasteiger partial charge is 0.287 e. The van der Waals surface area contributed by atoms with Crippen LogP contribution in [0.15, 0.2) is 41.3 Å². The van der Waals surface area contributed by atoms with E-state index in [1.807, 2.05) is 4.90 Å². The predicted molar refractivity (Wildman–Crippen MR) is 85.7 cm³/mol. The number of benzene rings is 1. The van der Waals surface area contributed by atoms with Gasteiger partial charge in [0.2, 0.25) is 0 Å². The molecule has 1 aliphatic heterocycles. The average Bonchev–Trinajstić information content (AvgIpc) is 2.54. The molecule has 22 heavy (non-hydrogen) atoms. The summed E-state index contributed by atoms with van der Waals surface area (Å²) in [7, 11) is 1.57. The Bertz CT molecular complexity index is 783. The summed E-state index contributed by atoms with van der Waals surface area (Å²) < 4.78 is 14.2. The summed E-state index contributed by atoms with van der Waals surface area (Å²) in [5, 5.41) is 4.21. The van der Waals surface area contributed by atoms with Gasteiger partial charge < -0.3 is 4.90 Å². The lowest BCUT2D eigenvalue weighted by Crippen LogP contribution is -2.31. The molecule has 0 unspecified atom stereocenters. The van der Waals surface area contributed by atoms with Gasteiger partial charge in [0.15, 0.2) is 0 Å². The van der Waals surface area contributed by atoms with Crippen LogP contribution in [0.1, 0.15) is 12.0 Å². The zero-order chi connectivity index (χ0) is 15.7. The van der Waals surface area contributed by atoms with Gasteiger partial charge in [0.05, 0.1) is 11.9 Å². The van der Waals surface area contributed by atoms with Crippen molar-refractivity contribution in [1.29, 1.82) is 0 Å². The summed E-state index contributed by atoms with van der Waals surface area (Å²) in [6.45, 7) is 1.37. The van der Waals surface area contributed by atoms with Crippen LogP contribution < -0.4 is 10.5 Å². The van der Waals surface area contributed by atoms with Gasteiger partial charge in [-0.15, -0.1) is 0 Å². The van der Waals surface area contributed by atoms with E-state index in [9.17, 15) is 9.18 Å². The number of aromatic nitrogens is 2. The molecule has 2 heterocycles. The number of aryl methyl sites for hydroxylation is 1. The van der Waals surface area contributed by atoms with Gasteiger partial charge in [0.25, 0.3) is 5.56 Å². The third kappa shape index (κ3) is 2.76. The van der Waals surface area contributed by atoms with Gasteiger partial charge in [-0.05, 0) is 29.7 Å². The molecule has 0 N–H and O–H groups in total. The molecule has 1 aromatic heterocycles. The van der Waals surface area contributed by atoms with E-state index >= 15 is 0 Å². The van der Waals surface area contributed by atoms with Crippen LogP contribution in [0.4, 0.5) is 10.1 Å². The maximum Gasteiger partial charge on any atom is 0.287 e. The van der Waals surface area contributed by atoms with Crippen LogP contribution in [-0.2, 0) is 7.05 Å². The van der Waals surface area contributed by atoms with E-state index in [1.165, 1.54) is 22.4 Å². The lowest BCUT2D eigenvalue weighted by atomic mass is 9.99. The first-order valence-electron chi connectivity index (χ1n) is 6.98. The summed E-state index contributed by atoms with van der Waals surface area (Å²) in [4.78, 5) is 13.9. The summed E-state index contributed by atoms with van der Waals surface area (Å²) in [5.41, 5.74) is 2.55. The lowest BCUT2D eigenvalue weighted by molar-refractivity contribution is 0.627. The Labute approximate surface area is 132 Å². The molecule has 0 saturated carbocycles.